The summed E-state index contributed by atoms with van der Waals surface area (Å²) in [5.74, 6) is 0.437. The number of hydrogen-bond acceptors (Lipinski definition) is 3. The molecule has 0 amide bonds. The number of benzene rings is 1. The first kappa shape index (κ1) is 12.6. The van der Waals surface area contributed by atoms with Crippen LogP contribution in [-0.2, 0) is 0 Å². The smallest absolute Gasteiger partial charge is 0.127 e. The fraction of sp³-hybridized carbons (Fsp3) is 0.333. The minimum Gasteiger partial charge on any atom is -0.485 e. The molecule has 0 fully saturated rings. The van der Waals surface area contributed by atoms with Gasteiger partial charge in [0.25, 0.3) is 0 Å². The topological polar surface area (TPSA) is 35.2 Å². The van der Waals surface area contributed by atoms with Gasteiger partial charge in [0.2, 0.25) is 0 Å². The van der Waals surface area contributed by atoms with Crippen LogP contribution in [0.15, 0.2) is 24.3 Å². The van der Waals surface area contributed by atoms with Gasteiger partial charge >= 0.3 is 0 Å². The number of halogens is 1. The predicted octanol–water partition coefficient (Wildman–Crippen LogP) is 4.03. The third-order valence-electron chi connectivity index (χ3n) is 3.53. The third kappa shape index (κ3) is 2.26. The van der Waals surface area contributed by atoms with Crippen LogP contribution in [0.4, 0.5) is 4.39 Å². The first-order valence-corrected chi connectivity index (χ1v) is 7.15. The fourth-order valence-electron chi connectivity index (χ4n) is 2.64. The highest BCUT2D eigenvalue weighted by molar-refractivity contribution is 7.12. The third-order valence-corrected chi connectivity index (χ3v) is 4.52. The summed E-state index contributed by atoms with van der Waals surface area (Å²) >= 11 is 1.77. The molecule has 19 heavy (non-hydrogen) atoms. The van der Waals surface area contributed by atoms with Crippen molar-refractivity contribution < 1.29 is 9.13 Å². The number of ether oxygens (including phenoxy) is 1. The van der Waals surface area contributed by atoms with Gasteiger partial charge in [0.1, 0.15) is 17.7 Å². The lowest BCUT2D eigenvalue weighted by Gasteiger charge is -2.30. The minimum atomic E-state index is -0.265. The van der Waals surface area contributed by atoms with Crippen LogP contribution in [0.2, 0.25) is 0 Å². The van der Waals surface area contributed by atoms with E-state index in [1.54, 1.807) is 17.4 Å². The lowest BCUT2D eigenvalue weighted by atomic mass is 9.93. The largest absolute Gasteiger partial charge is 0.485 e. The van der Waals surface area contributed by atoms with Crippen molar-refractivity contribution in [3.63, 3.8) is 0 Å². The summed E-state index contributed by atoms with van der Waals surface area (Å²) < 4.78 is 19.2. The highest BCUT2D eigenvalue weighted by atomic mass is 32.1. The molecule has 0 saturated heterocycles. The molecule has 1 aliphatic heterocycles. The van der Waals surface area contributed by atoms with E-state index in [-0.39, 0.29) is 18.0 Å². The van der Waals surface area contributed by atoms with E-state index in [4.69, 9.17) is 10.5 Å². The summed E-state index contributed by atoms with van der Waals surface area (Å²) in [5, 5.41) is 0. The average Bonchev–Trinajstić information content (AvgIpc) is 2.69. The van der Waals surface area contributed by atoms with Crippen LogP contribution >= 0.6 is 11.3 Å². The van der Waals surface area contributed by atoms with E-state index >= 15 is 0 Å². The Morgan fingerprint density at radius 3 is 2.74 bits per heavy atom. The van der Waals surface area contributed by atoms with E-state index in [9.17, 15) is 4.39 Å². The van der Waals surface area contributed by atoms with Crippen molar-refractivity contribution >= 4 is 11.3 Å². The summed E-state index contributed by atoms with van der Waals surface area (Å²) in [4.78, 5) is 2.54. The maximum absolute atomic E-state index is 13.2. The lowest BCUT2D eigenvalue weighted by molar-refractivity contribution is 0.161. The monoisotopic (exact) mass is 277 g/mol. The van der Waals surface area contributed by atoms with Crippen LogP contribution in [0.5, 0.6) is 5.75 Å². The zero-order valence-electron chi connectivity index (χ0n) is 10.9. The lowest BCUT2D eigenvalue weighted by Crippen LogP contribution is -2.24. The van der Waals surface area contributed by atoms with E-state index in [2.05, 4.69) is 19.9 Å². The number of rotatable bonds is 1. The first-order chi connectivity index (χ1) is 9.04. The second kappa shape index (κ2) is 4.62. The zero-order valence-corrected chi connectivity index (χ0v) is 11.8. The average molecular weight is 277 g/mol. The molecule has 2 aromatic rings. The molecule has 0 spiro atoms. The van der Waals surface area contributed by atoms with Crippen molar-refractivity contribution in [2.45, 2.75) is 32.4 Å². The van der Waals surface area contributed by atoms with Crippen LogP contribution in [-0.4, -0.2) is 0 Å². The first-order valence-electron chi connectivity index (χ1n) is 6.33. The molecule has 0 saturated carbocycles. The van der Waals surface area contributed by atoms with E-state index < -0.39 is 0 Å². The number of thiophene rings is 1. The summed E-state index contributed by atoms with van der Waals surface area (Å²) in [7, 11) is 0. The Morgan fingerprint density at radius 2 is 2.05 bits per heavy atom. The number of fused-ring (bicyclic) bond motifs is 1. The van der Waals surface area contributed by atoms with Gasteiger partial charge in [-0.05, 0) is 38.1 Å². The standard InChI is InChI=1S/C15H16FNOS/c1-8-5-11(9(2)19-8)15-7-13(17)12-6-10(16)3-4-14(12)18-15/h3-6,13,15H,7,17H2,1-2H3/t13-,15?/m1/s1. The normalized spacial score (nSPS) is 21.9. The molecule has 0 bridgehead atoms. The van der Waals surface area contributed by atoms with E-state index in [1.165, 1.54) is 27.5 Å². The highest BCUT2D eigenvalue weighted by Crippen LogP contribution is 2.42. The Morgan fingerprint density at radius 1 is 1.26 bits per heavy atom. The Bertz CT molecular complexity index is 623. The highest BCUT2D eigenvalue weighted by Gasteiger charge is 2.29. The van der Waals surface area contributed by atoms with Crippen molar-refractivity contribution in [1.29, 1.82) is 0 Å². The van der Waals surface area contributed by atoms with Crippen molar-refractivity contribution in [2.75, 3.05) is 0 Å². The molecule has 2 heterocycles. The Labute approximate surface area is 116 Å². The predicted molar refractivity (Wildman–Crippen MR) is 75.1 cm³/mol. The van der Waals surface area contributed by atoms with Crippen LogP contribution in [0.1, 0.15) is 39.4 Å². The van der Waals surface area contributed by atoms with Gasteiger partial charge in [-0.3, -0.25) is 0 Å². The molecule has 1 aliphatic rings. The zero-order chi connectivity index (χ0) is 13.6. The van der Waals surface area contributed by atoms with Crippen molar-refractivity contribution in [3.05, 3.63) is 51.0 Å². The molecule has 4 heteroatoms. The van der Waals surface area contributed by atoms with Gasteiger partial charge in [-0.1, -0.05) is 0 Å². The molecule has 0 radical (unpaired) electrons. The van der Waals surface area contributed by atoms with E-state index in [0.29, 0.717) is 12.2 Å². The second-order valence-electron chi connectivity index (χ2n) is 5.00. The Balaban J connectivity index is 1.97. The molecule has 1 aromatic heterocycles. The van der Waals surface area contributed by atoms with Crippen molar-refractivity contribution in [1.82, 2.24) is 0 Å². The molecule has 100 valence electrons. The number of nitrogens with two attached hydrogens (primary N) is 1. The molecule has 0 aliphatic carbocycles. The fourth-order valence-corrected chi connectivity index (χ4v) is 3.61. The SMILES string of the molecule is Cc1cc(C2C[C@@H](N)c3cc(F)ccc3O2)c(C)s1. The van der Waals surface area contributed by atoms with Crippen LogP contribution in [0, 0.1) is 19.7 Å². The van der Waals surface area contributed by atoms with E-state index in [0.717, 1.165) is 5.56 Å². The summed E-state index contributed by atoms with van der Waals surface area (Å²) in [6, 6.07) is 6.54. The van der Waals surface area contributed by atoms with Gasteiger partial charge < -0.3 is 10.5 Å². The maximum atomic E-state index is 13.2. The van der Waals surface area contributed by atoms with Gasteiger partial charge in [0, 0.05) is 33.3 Å². The number of hydrogen-bond donors (Lipinski definition) is 1. The van der Waals surface area contributed by atoms with Crippen LogP contribution in [0.3, 0.4) is 0 Å². The molecular formula is C15H16FNOS. The molecule has 2 nitrogen and oxygen atoms in total. The van der Waals surface area contributed by atoms with Crippen LogP contribution in [0.25, 0.3) is 0 Å². The maximum Gasteiger partial charge on any atom is 0.127 e. The summed E-state index contributed by atoms with van der Waals surface area (Å²) in [6.07, 6.45) is 0.658. The molecule has 1 unspecified atom stereocenters. The summed E-state index contributed by atoms with van der Waals surface area (Å²) in [6.45, 7) is 4.19. The molecule has 2 atom stereocenters. The molecule has 3 rings (SSSR count). The number of aryl methyl sites for hydroxylation is 2. The Hall–Kier alpha value is -1.39. The van der Waals surface area contributed by atoms with Gasteiger partial charge in [-0.15, -0.1) is 11.3 Å². The van der Waals surface area contributed by atoms with Crippen molar-refractivity contribution in [2.24, 2.45) is 5.73 Å². The van der Waals surface area contributed by atoms with Gasteiger partial charge in [-0.25, -0.2) is 4.39 Å². The molecule has 1 aromatic carbocycles. The summed E-state index contributed by atoms with van der Waals surface area (Å²) in [5.41, 5.74) is 8.12. The minimum absolute atomic E-state index is 0.0297. The van der Waals surface area contributed by atoms with Crippen LogP contribution < -0.4 is 10.5 Å². The second-order valence-corrected chi connectivity index (χ2v) is 6.46. The molecule has 2 N–H and O–H groups in total. The van der Waals surface area contributed by atoms with Gasteiger partial charge in [0.15, 0.2) is 0 Å². The van der Waals surface area contributed by atoms with Gasteiger partial charge in [0.05, 0.1) is 0 Å². The van der Waals surface area contributed by atoms with E-state index in [1.807, 2.05) is 0 Å². The van der Waals surface area contributed by atoms with Crippen molar-refractivity contribution in [3.8, 4) is 5.75 Å². The Kier molecular flexibility index (Phi) is 3.07. The quantitative estimate of drug-likeness (QED) is 0.854. The molecular weight excluding hydrogens is 261 g/mol. The van der Waals surface area contributed by atoms with Gasteiger partial charge in [-0.2, -0.15) is 0 Å².